The summed E-state index contributed by atoms with van der Waals surface area (Å²) in [5, 5.41) is 0. The van der Waals surface area contributed by atoms with Crippen molar-refractivity contribution in [3.63, 3.8) is 0 Å². The zero-order valence-electron chi connectivity index (χ0n) is 14.4. The molecule has 0 N–H and O–H groups in total. The first-order chi connectivity index (χ1) is 10.3. The average Bonchev–Trinajstić information content (AvgIpc) is 2.58. The molecule has 0 saturated heterocycles. The fourth-order valence-corrected chi connectivity index (χ4v) is 1.68. The Balaban J connectivity index is 0. The molecule has 0 bridgehead atoms. The van der Waals surface area contributed by atoms with Crippen LogP contribution in [0.2, 0.25) is 0 Å². The second-order valence-corrected chi connectivity index (χ2v) is 3.86. The van der Waals surface area contributed by atoms with Crippen molar-refractivity contribution >= 4 is 11.9 Å². The molecule has 0 unspecified atom stereocenters. The topological polar surface area (TPSA) is 12.4 Å². The molecule has 0 heterocycles. The Morgan fingerprint density at radius 2 is 1.45 bits per heavy atom. The molecule has 2 aromatic rings. The number of rotatable bonds is 3. The van der Waals surface area contributed by atoms with Gasteiger partial charge in [0, 0.05) is 0 Å². The Labute approximate surface area is 151 Å². The summed E-state index contributed by atoms with van der Waals surface area (Å²) in [6, 6.07) is 16.0. The Kier molecular flexibility index (Phi) is 15.2. The van der Waals surface area contributed by atoms with Gasteiger partial charge in [0.1, 0.15) is 0 Å². The SMILES string of the molecule is CC.CC.[CH2-]c1ccccc1N=[C-]c1ccccc1CC.[W+2]. The summed E-state index contributed by atoms with van der Waals surface area (Å²) in [6.45, 7) is 14.1. The summed E-state index contributed by atoms with van der Waals surface area (Å²) in [6.07, 6.45) is 4.10. The Morgan fingerprint density at radius 1 is 0.909 bits per heavy atom. The summed E-state index contributed by atoms with van der Waals surface area (Å²) in [5.74, 6) is 0. The van der Waals surface area contributed by atoms with Crippen LogP contribution in [-0.2, 0) is 27.5 Å². The maximum absolute atomic E-state index is 4.37. The van der Waals surface area contributed by atoms with E-state index in [1.807, 2.05) is 70.2 Å². The van der Waals surface area contributed by atoms with Gasteiger partial charge >= 0.3 is 21.1 Å². The third-order valence-electron chi connectivity index (χ3n) is 2.69. The Morgan fingerprint density at radius 3 is 2.05 bits per heavy atom. The third kappa shape index (κ3) is 7.61. The van der Waals surface area contributed by atoms with E-state index in [1.54, 1.807) is 0 Å². The van der Waals surface area contributed by atoms with Crippen LogP contribution in [0.5, 0.6) is 0 Å². The molecule has 0 aliphatic heterocycles. The number of nitrogens with zero attached hydrogens (tertiary/aromatic N) is 1. The van der Waals surface area contributed by atoms with E-state index in [0.717, 1.165) is 23.2 Å². The van der Waals surface area contributed by atoms with Gasteiger partial charge in [-0.3, -0.25) is 0 Å². The number of hydrogen-bond acceptors (Lipinski definition) is 1. The van der Waals surface area contributed by atoms with Crippen molar-refractivity contribution in [2.24, 2.45) is 4.99 Å². The summed E-state index contributed by atoms with van der Waals surface area (Å²) in [7, 11) is 0. The third-order valence-corrected chi connectivity index (χ3v) is 2.69. The summed E-state index contributed by atoms with van der Waals surface area (Å²) < 4.78 is 0. The van der Waals surface area contributed by atoms with Gasteiger partial charge in [-0.25, -0.2) is 0 Å². The standard InChI is InChI=1S/C16H15N.2C2H6.W/c1-3-14-9-5-6-10-15(14)12-17-16-11-7-4-8-13(16)2;2*1-2;/h4-11H,2-3H2,1H3;2*1-2H3;/q-2;;;+2. The minimum atomic E-state index is 0. The average molecular weight is 465 g/mol. The van der Waals surface area contributed by atoms with E-state index < -0.39 is 0 Å². The van der Waals surface area contributed by atoms with Gasteiger partial charge in [-0.15, -0.1) is 35.4 Å². The minimum absolute atomic E-state index is 0. The van der Waals surface area contributed by atoms with Crippen LogP contribution in [0.4, 0.5) is 5.69 Å². The molecule has 0 aromatic heterocycles. The van der Waals surface area contributed by atoms with Crippen LogP contribution in [-0.4, -0.2) is 6.21 Å². The van der Waals surface area contributed by atoms with Crippen molar-refractivity contribution in [1.29, 1.82) is 0 Å². The van der Waals surface area contributed by atoms with Crippen molar-refractivity contribution in [3.8, 4) is 0 Å². The first-order valence-electron chi connectivity index (χ1n) is 7.77. The molecule has 0 aliphatic carbocycles. The van der Waals surface area contributed by atoms with Crippen molar-refractivity contribution in [3.05, 3.63) is 72.1 Å². The van der Waals surface area contributed by atoms with Gasteiger partial charge in [-0.05, 0) is 11.9 Å². The predicted molar refractivity (Wildman–Crippen MR) is 95.6 cm³/mol. The van der Waals surface area contributed by atoms with Crippen molar-refractivity contribution in [1.82, 2.24) is 0 Å². The van der Waals surface area contributed by atoms with Crippen molar-refractivity contribution in [2.75, 3.05) is 0 Å². The summed E-state index contributed by atoms with van der Waals surface area (Å²) in [5.41, 5.74) is 4.11. The van der Waals surface area contributed by atoms with E-state index in [0.29, 0.717) is 0 Å². The van der Waals surface area contributed by atoms with Crippen LogP contribution in [0.1, 0.15) is 51.3 Å². The van der Waals surface area contributed by atoms with Gasteiger partial charge in [0.25, 0.3) is 0 Å². The van der Waals surface area contributed by atoms with E-state index in [9.17, 15) is 0 Å². The van der Waals surface area contributed by atoms with Gasteiger partial charge < -0.3 is 4.99 Å². The normalized spacial score (nSPS) is 8.95. The molecule has 0 amide bonds. The van der Waals surface area contributed by atoms with E-state index in [1.165, 1.54) is 5.56 Å². The van der Waals surface area contributed by atoms with E-state index in [2.05, 4.69) is 31.1 Å². The van der Waals surface area contributed by atoms with Gasteiger partial charge in [-0.2, -0.15) is 18.6 Å². The Bertz CT molecular complexity index is 533. The molecule has 2 aromatic carbocycles. The maximum Gasteiger partial charge on any atom is 2.00 e. The first-order valence-corrected chi connectivity index (χ1v) is 7.77. The van der Waals surface area contributed by atoms with Gasteiger partial charge in [0.15, 0.2) is 0 Å². The van der Waals surface area contributed by atoms with E-state index >= 15 is 0 Å². The fourth-order valence-electron chi connectivity index (χ4n) is 1.68. The molecule has 0 saturated carbocycles. The van der Waals surface area contributed by atoms with Crippen LogP contribution in [0.15, 0.2) is 53.5 Å². The van der Waals surface area contributed by atoms with Crippen LogP contribution in [0.3, 0.4) is 0 Å². The van der Waals surface area contributed by atoms with Gasteiger partial charge in [0.05, 0.1) is 0 Å². The monoisotopic (exact) mass is 465 g/mol. The number of aliphatic imine (C=N–C) groups is 1. The molecule has 118 valence electrons. The fraction of sp³-hybridized carbons (Fsp3) is 0.300. The zero-order chi connectivity index (χ0) is 16.1. The van der Waals surface area contributed by atoms with Gasteiger partial charge in [-0.1, -0.05) is 59.2 Å². The predicted octanol–water partition coefficient (Wildman–Crippen LogP) is 6.11. The van der Waals surface area contributed by atoms with Crippen LogP contribution >= 0.6 is 0 Å². The number of hydrogen-bond donors (Lipinski definition) is 0. The molecular formula is C20H27NW. The van der Waals surface area contributed by atoms with Crippen LogP contribution in [0.25, 0.3) is 0 Å². The van der Waals surface area contributed by atoms with E-state index in [4.69, 9.17) is 0 Å². The largest absolute Gasteiger partial charge is 2.00 e. The molecule has 0 spiro atoms. The first kappa shape index (κ1) is 22.9. The molecule has 1 nitrogen and oxygen atoms in total. The molecule has 0 aliphatic rings. The smallest absolute Gasteiger partial charge is 0.353 e. The number of para-hydroxylation sites is 1. The molecule has 0 radical (unpaired) electrons. The molecule has 0 fully saturated rings. The molecule has 0 atom stereocenters. The summed E-state index contributed by atoms with van der Waals surface area (Å²) >= 11 is 0. The second kappa shape index (κ2) is 14.6. The zero-order valence-corrected chi connectivity index (χ0v) is 17.3. The van der Waals surface area contributed by atoms with Gasteiger partial charge in [0.2, 0.25) is 0 Å². The molecule has 22 heavy (non-hydrogen) atoms. The van der Waals surface area contributed by atoms with E-state index in [-0.39, 0.29) is 21.1 Å². The number of benzene rings is 2. The van der Waals surface area contributed by atoms with Crippen molar-refractivity contribution in [2.45, 2.75) is 41.0 Å². The Hall–Kier alpha value is -1.33. The van der Waals surface area contributed by atoms with Crippen LogP contribution < -0.4 is 0 Å². The van der Waals surface area contributed by atoms with Crippen molar-refractivity contribution < 1.29 is 21.1 Å². The molecule has 2 rings (SSSR count). The quantitative estimate of drug-likeness (QED) is 0.383. The van der Waals surface area contributed by atoms with Crippen LogP contribution in [0, 0.1) is 6.92 Å². The maximum atomic E-state index is 4.37. The molecular weight excluding hydrogens is 438 g/mol. The molecule has 2 heteroatoms. The number of aryl methyl sites for hydroxylation is 1. The summed E-state index contributed by atoms with van der Waals surface area (Å²) in [4.78, 5) is 4.37. The minimum Gasteiger partial charge on any atom is -0.353 e. The second-order valence-electron chi connectivity index (χ2n) is 3.86.